The molecule has 21 heavy (non-hydrogen) atoms. The van der Waals surface area contributed by atoms with Gasteiger partial charge in [-0.3, -0.25) is 0 Å². The number of hydrogen-bond acceptors (Lipinski definition) is 4. The molecular formula is C17H27NO3. The third-order valence-electron chi connectivity index (χ3n) is 3.62. The van der Waals surface area contributed by atoms with Crippen LogP contribution in [0.15, 0.2) is 18.2 Å². The predicted octanol–water partition coefficient (Wildman–Crippen LogP) is 3.66. The molecule has 0 saturated carbocycles. The number of fused-ring (bicyclic) bond motifs is 1. The van der Waals surface area contributed by atoms with Crippen LogP contribution in [0.5, 0.6) is 11.5 Å². The van der Waals surface area contributed by atoms with Crippen molar-refractivity contribution in [2.75, 3.05) is 26.6 Å². The van der Waals surface area contributed by atoms with Crippen LogP contribution < -0.4 is 14.8 Å². The monoisotopic (exact) mass is 293 g/mol. The molecule has 0 fully saturated rings. The van der Waals surface area contributed by atoms with Crippen molar-refractivity contribution in [1.82, 2.24) is 5.32 Å². The summed E-state index contributed by atoms with van der Waals surface area (Å²) in [5.41, 5.74) is 1.20. The van der Waals surface area contributed by atoms with Crippen LogP contribution in [-0.4, -0.2) is 26.6 Å². The molecule has 2 rings (SSSR count). The maximum Gasteiger partial charge on any atom is 0.231 e. The number of hydrogen-bond donors (Lipinski definition) is 1. The van der Waals surface area contributed by atoms with Gasteiger partial charge in [0.2, 0.25) is 6.79 Å². The topological polar surface area (TPSA) is 39.7 Å². The lowest BCUT2D eigenvalue weighted by Gasteiger charge is -2.19. The van der Waals surface area contributed by atoms with Gasteiger partial charge in [-0.1, -0.05) is 32.8 Å². The van der Waals surface area contributed by atoms with Gasteiger partial charge in [0.05, 0.1) is 12.6 Å². The van der Waals surface area contributed by atoms with Crippen molar-refractivity contribution in [3.8, 4) is 11.5 Å². The Bertz CT molecular complexity index is 422. The van der Waals surface area contributed by atoms with Gasteiger partial charge >= 0.3 is 0 Å². The lowest BCUT2D eigenvalue weighted by Crippen LogP contribution is -2.26. The fourth-order valence-electron chi connectivity index (χ4n) is 2.38. The van der Waals surface area contributed by atoms with E-state index in [1.54, 1.807) is 0 Å². The first-order chi connectivity index (χ1) is 10.3. The Morgan fingerprint density at radius 1 is 1.14 bits per heavy atom. The summed E-state index contributed by atoms with van der Waals surface area (Å²) in [6.07, 6.45) is 4.70. The summed E-state index contributed by atoms with van der Waals surface area (Å²) in [5, 5.41) is 3.55. The van der Waals surface area contributed by atoms with Crippen LogP contribution in [-0.2, 0) is 4.74 Å². The molecule has 4 heteroatoms. The molecule has 4 nitrogen and oxygen atoms in total. The zero-order valence-corrected chi connectivity index (χ0v) is 13.2. The smallest absolute Gasteiger partial charge is 0.231 e. The molecule has 0 bridgehead atoms. The van der Waals surface area contributed by atoms with Gasteiger partial charge in [-0.2, -0.15) is 0 Å². The fourth-order valence-corrected chi connectivity index (χ4v) is 2.38. The van der Waals surface area contributed by atoms with E-state index >= 15 is 0 Å². The normalized spacial score (nSPS) is 14.4. The maximum absolute atomic E-state index is 5.83. The molecule has 1 unspecified atom stereocenters. The maximum atomic E-state index is 5.83. The molecule has 0 aliphatic carbocycles. The van der Waals surface area contributed by atoms with Crippen LogP contribution in [0.25, 0.3) is 0 Å². The second-order valence-corrected chi connectivity index (χ2v) is 5.40. The molecule has 1 aliphatic rings. The summed E-state index contributed by atoms with van der Waals surface area (Å²) < 4.78 is 16.7. The lowest BCUT2D eigenvalue weighted by atomic mass is 10.1. The van der Waals surface area contributed by atoms with Crippen LogP contribution >= 0.6 is 0 Å². The molecule has 0 radical (unpaired) electrons. The second-order valence-electron chi connectivity index (χ2n) is 5.40. The number of benzene rings is 1. The molecular weight excluding hydrogens is 266 g/mol. The van der Waals surface area contributed by atoms with Gasteiger partial charge in [-0.15, -0.1) is 0 Å². The van der Waals surface area contributed by atoms with Gasteiger partial charge in [0, 0.05) is 6.61 Å². The van der Waals surface area contributed by atoms with Gasteiger partial charge in [-0.05, 0) is 37.1 Å². The largest absolute Gasteiger partial charge is 0.454 e. The highest BCUT2D eigenvalue weighted by atomic mass is 16.7. The van der Waals surface area contributed by atoms with Crippen LogP contribution in [0.4, 0.5) is 0 Å². The Kier molecular flexibility index (Phi) is 6.83. The van der Waals surface area contributed by atoms with Crippen molar-refractivity contribution in [3.63, 3.8) is 0 Å². The zero-order valence-electron chi connectivity index (χ0n) is 13.2. The third-order valence-corrected chi connectivity index (χ3v) is 3.62. The van der Waals surface area contributed by atoms with E-state index in [1.165, 1.54) is 18.4 Å². The van der Waals surface area contributed by atoms with E-state index in [0.29, 0.717) is 13.4 Å². The van der Waals surface area contributed by atoms with E-state index in [4.69, 9.17) is 14.2 Å². The van der Waals surface area contributed by atoms with Crippen LogP contribution in [0.2, 0.25) is 0 Å². The third kappa shape index (κ3) is 4.90. The SMILES string of the molecule is CCCCCOCC(NCCC)c1ccc2c(c1)OCO2. The van der Waals surface area contributed by atoms with Gasteiger partial charge in [0.15, 0.2) is 11.5 Å². The number of ether oxygens (including phenoxy) is 3. The fraction of sp³-hybridized carbons (Fsp3) is 0.647. The average molecular weight is 293 g/mol. The summed E-state index contributed by atoms with van der Waals surface area (Å²) in [6.45, 7) is 7.22. The van der Waals surface area contributed by atoms with Crippen molar-refractivity contribution in [1.29, 1.82) is 0 Å². The summed E-state index contributed by atoms with van der Waals surface area (Å²) in [4.78, 5) is 0. The molecule has 1 aliphatic heterocycles. The number of unbranched alkanes of at least 4 members (excludes halogenated alkanes) is 2. The van der Waals surface area contributed by atoms with Gasteiger partial charge < -0.3 is 19.5 Å². The molecule has 1 aromatic rings. The first-order valence-corrected chi connectivity index (χ1v) is 8.05. The van der Waals surface area contributed by atoms with E-state index in [9.17, 15) is 0 Å². The summed E-state index contributed by atoms with van der Waals surface area (Å²) in [6, 6.07) is 6.34. The highest BCUT2D eigenvalue weighted by Crippen LogP contribution is 2.34. The molecule has 0 amide bonds. The molecule has 1 atom stereocenters. The lowest BCUT2D eigenvalue weighted by molar-refractivity contribution is 0.108. The quantitative estimate of drug-likeness (QED) is 0.668. The number of nitrogens with one attached hydrogen (secondary N) is 1. The van der Waals surface area contributed by atoms with E-state index in [0.717, 1.165) is 37.5 Å². The Hall–Kier alpha value is -1.26. The van der Waals surface area contributed by atoms with Crippen molar-refractivity contribution in [3.05, 3.63) is 23.8 Å². The van der Waals surface area contributed by atoms with Crippen molar-refractivity contribution in [2.45, 2.75) is 45.6 Å². The van der Waals surface area contributed by atoms with E-state index in [-0.39, 0.29) is 6.04 Å². The summed E-state index contributed by atoms with van der Waals surface area (Å²) >= 11 is 0. The molecule has 1 aromatic carbocycles. The van der Waals surface area contributed by atoms with Gasteiger partial charge in [0.1, 0.15) is 0 Å². The van der Waals surface area contributed by atoms with Crippen molar-refractivity contribution >= 4 is 0 Å². The summed E-state index contributed by atoms with van der Waals surface area (Å²) in [7, 11) is 0. The van der Waals surface area contributed by atoms with Gasteiger partial charge in [0.25, 0.3) is 0 Å². The van der Waals surface area contributed by atoms with Crippen LogP contribution in [0.1, 0.15) is 51.1 Å². The van der Waals surface area contributed by atoms with Crippen LogP contribution in [0.3, 0.4) is 0 Å². The first-order valence-electron chi connectivity index (χ1n) is 8.05. The van der Waals surface area contributed by atoms with E-state index < -0.39 is 0 Å². The summed E-state index contributed by atoms with van der Waals surface area (Å²) in [5.74, 6) is 1.67. The minimum atomic E-state index is 0.209. The Morgan fingerprint density at radius 2 is 2.00 bits per heavy atom. The predicted molar refractivity (Wildman–Crippen MR) is 83.9 cm³/mol. The minimum Gasteiger partial charge on any atom is -0.454 e. The van der Waals surface area contributed by atoms with Crippen molar-refractivity contribution in [2.24, 2.45) is 0 Å². The Morgan fingerprint density at radius 3 is 2.81 bits per heavy atom. The van der Waals surface area contributed by atoms with E-state index in [1.807, 2.05) is 6.07 Å². The molecule has 0 spiro atoms. The zero-order chi connectivity index (χ0) is 14.9. The minimum absolute atomic E-state index is 0.209. The molecule has 0 saturated heterocycles. The molecule has 1 N–H and O–H groups in total. The standard InChI is InChI=1S/C17H27NO3/c1-3-5-6-10-19-12-15(18-9-4-2)14-7-8-16-17(11-14)21-13-20-16/h7-8,11,15,18H,3-6,9-10,12-13H2,1-2H3. The van der Waals surface area contributed by atoms with Crippen LogP contribution in [0, 0.1) is 0 Å². The highest BCUT2D eigenvalue weighted by molar-refractivity contribution is 5.45. The second kappa shape index (κ2) is 8.90. The Labute approximate surface area is 127 Å². The first kappa shape index (κ1) is 16.1. The molecule has 0 aromatic heterocycles. The highest BCUT2D eigenvalue weighted by Gasteiger charge is 2.17. The van der Waals surface area contributed by atoms with Gasteiger partial charge in [-0.25, -0.2) is 0 Å². The number of rotatable bonds is 10. The molecule has 118 valence electrons. The average Bonchev–Trinajstić information content (AvgIpc) is 2.97. The Balaban J connectivity index is 1.91. The molecule has 1 heterocycles. The van der Waals surface area contributed by atoms with E-state index in [2.05, 4.69) is 31.3 Å². The van der Waals surface area contributed by atoms with Crippen molar-refractivity contribution < 1.29 is 14.2 Å².